The smallest absolute Gasteiger partial charge is 0.134 e. The largest absolute Gasteiger partial charge is 0.370 e. The Hall–Kier alpha value is -1.90. The van der Waals surface area contributed by atoms with Crippen LogP contribution >= 0.6 is 0 Å². The molecule has 1 aliphatic carbocycles. The Labute approximate surface area is 126 Å². The monoisotopic (exact) mass is 281 g/mol. The van der Waals surface area contributed by atoms with Gasteiger partial charge in [0, 0.05) is 24.2 Å². The van der Waals surface area contributed by atoms with E-state index < -0.39 is 0 Å². The lowest BCUT2D eigenvalue weighted by Crippen LogP contribution is -2.10. The van der Waals surface area contributed by atoms with Crippen LogP contribution < -0.4 is 5.32 Å². The van der Waals surface area contributed by atoms with Crippen LogP contribution in [0.4, 0.5) is 5.82 Å². The maximum Gasteiger partial charge on any atom is 0.134 e. The van der Waals surface area contributed by atoms with Crippen molar-refractivity contribution >= 4 is 5.82 Å². The molecule has 1 aromatic heterocycles. The van der Waals surface area contributed by atoms with E-state index in [1.54, 1.807) is 0 Å². The van der Waals surface area contributed by atoms with Crippen LogP contribution in [-0.4, -0.2) is 16.5 Å². The van der Waals surface area contributed by atoms with Gasteiger partial charge in [0.1, 0.15) is 11.6 Å². The van der Waals surface area contributed by atoms with Crippen LogP contribution in [0.1, 0.15) is 48.8 Å². The molecule has 0 radical (unpaired) electrons. The van der Waals surface area contributed by atoms with Gasteiger partial charge in [-0.3, -0.25) is 0 Å². The van der Waals surface area contributed by atoms with Crippen LogP contribution in [0.5, 0.6) is 0 Å². The molecule has 0 saturated carbocycles. The molecule has 0 fully saturated rings. The molecule has 0 unspecified atom stereocenters. The molecule has 0 spiro atoms. The van der Waals surface area contributed by atoms with Gasteiger partial charge in [-0.2, -0.15) is 0 Å². The highest BCUT2D eigenvalue weighted by molar-refractivity contribution is 5.39. The predicted molar refractivity (Wildman–Crippen MR) is 86.8 cm³/mol. The maximum absolute atomic E-state index is 4.82. The van der Waals surface area contributed by atoms with Crippen molar-refractivity contribution in [3.8, 4) is 0 Å². The molecule has 3 heteroatoms. The van der Waals surface area contributed by atoms with Crippen LogP contribution in [0.3, 0.4) is 0 Å². The Morgan fingerprint density at radius 1 is 1.10 bits per heavy atom. The highest BCUT2D eigenvalue weighted by atomic mass is 15.0. The van der Waals surface area contributed by atoms with E-state index in [0.717, 1.165) is 49.6 Å². The molecular weight excluding hydrogens is 258 g/mol. The number of fused-ring (bicyclic) bond motifs is 1. The summed E-state index contributed by atoms with van der Waals surface area (Å²) in [6.07, 6.45) is 4.27. The molecule has 1 N–H and O–H groups in total. The van der Waals surface area contributed by atoms with E-state index in [-0.39, 0.29) is 0 Å². The van der Waals surface area contributed by atoms with E-state index in [0.29, 0.717) is 5.92 Å². The van der Waals surface area contributed by atoms with Gasteiger partial charge in [0.15, 0.2) is 0 Å². The average molecular weight is 281 g/mol. The Kier molecular flexibility index (Phi) is 4.18. The molecule has 3 rings (SSSR count). The van der Waals surface area contributed by atoms with Gasteiger partial charge in [-0.1, -0.05) is 37.6 Å². The van der Waals surface area contributed by atoms with E-state index in [9.17, 15) is 0 Å². The first-order valence-electron chi connectivity index (χ1n) is 7.98. The third-order valence-electron chi connectivity index (χ3n) is 4.08. The molecule has 110 valence electrons. The van der Waals surface area contributed by atoms with Crippen molar-refractivity contribution in [1.82, 2.24) is 9.97 Å². The zero-order valence-electron chi connectivity index (χ0n) is 12.9. The quantitative estimate of drug-likeness (QED) is 0.907. The molecule has 0 bridgehead atoms. The van der Waals surface area contributed by atoms with Gasteiger partial charge in [-0.05, 0) is 37.3 Å². The zero-order chi connectivity index (χ0) is 14.7. The van der Waals surface area contributed by atoms with E-state index in [1.807, 2.05) is 0 Å². The number of nitrogens with zero attached hydrogens (tertiary/aromatic N) is 2. The van der Waals surface area contributed by atoms with Crippen LogP contribution in [0.15, 0.2) is 30.3 Å². The SMILES string of the molecule is CCCc1cc(NCC)nc(C2Cc3ccccc3C2)n1. The number of rotatable bonds is 5. The summed E-state index contributed by atoms with van der Waals surface area (Å²) in [7, 11) is 0. The second kappa shape index (κ2) is 6.25. The molecule has 0 saturated heterocycles. The molecule has 0 amide bonds. The highest BCUT2D eigenvalue weighted by Crippen LogP contribution is 2.32. The van der Waals surface area contributed by atoms with E-state index in [4.69, 9.17) is 9.97 Å². The minimum atomic E-state index is 0.427. The molecule has 3 nitrogen and oxygen atoms in total. The number of hydrogen-bond acceptors (Lipinski definition) is 3. The van der Waals surface area contributed by atoms with E-state index in [1.165, 1.54) is 11.1 Å². The molecule has 21 heavy (non-hydrogen) atoms. The van der Waals surface area contributed by atoms with E-state index in [2.05, 4.69) is 49.5 Å². The molecular formula is C18H23N3. The van der Waals surface area contributed by atoms with Gasteiger partial charge >= 0.3 is 0 Å². The second-order valence-electron chi connectivity index (χ2n) is 5.76. The number of aryl methyl sites for hydroxylation is 1. The summed E-state index contributed by atoms with van der Waals surface area (Å²) in [6.45, 7) is 5.19. The first kappa shape index (κ1) is 14.1. The highest BCUT2D eigenvalue weighted by Gasteiger charge is 2.25. The summed E-state index contributed by atoms with van der Waals surface area (Å²) in [4.78, 5) is 9.57. The van der Waals surface area contributed by atoms with Crippen molar-refractivity contribution in [1.29, 1.82) is 0 Å². The Morgan fingerprint density at radius 2 is 1.81 bits per heavy atom. The summed E-state index contributed by atoms with van der Waals surface area (Å²) in [5.74, 6) is 2.41. The third kappa shape index (κ3) is 3.07. The number of anilines is 1. The van der Waals surface area contributed by atoms with Gasteiger partial charge < -0.3 is 5.32 Å². The van der Waals surface area contributed by atoms with Crippen molar-refractivity contribution in [3.63, 3.8) is 0 Å². The van der Waals surface area contributed by atoms with Crippen LogP contribution in [0.2, 0.25) is 0 Å². The summed E-state index contributed by atoms with van der Waals surface area (Å²) in [5, 5.41) is 3.34. The lowest BCUT2D eigenvalue weighted by atomic mass is 10.1. The summed E-state index contributed by atoms with van der Waals surface area (Å²) < 4.78 is 0. The fraction of sp³-hybridized carbons (Fsp3) is 0.444. The second-order valence-corrected chi connectivity index (χ2v) is 5.76. The van der Waals surface area contributed by atoms with Crippen LogP contribution in [0, 0.1) is 0 Å². The minimum Gasteiger partial charge on any atom is -0.370 e. The molecule has 0 atom stereocenters. The molecule has 1 heterocycles. The zero-order valence-corrected chi connectivity index (χ0v) is 12.9. The van der Waals surface area contributed by atoms with Gasteiger partial charge in [0.05, 0.1) is 0 Å². The molecule has 2 aromatic rings. The fourth-order valence-corrected chi connectivity index (χ4v) is 3.10. The Balaban J connectivity index is 1.88. The normalized spacial score (nSPS) is 14.2. The summed E-state index contributed by atoms with van der Waals surface area (Å²) in [5.41, 5.74) is 4.07. The molecule has 1 aromatic carbocycles. The Morgan fingerprint density at radius 3 is 2.43 bits per heavy atom. The number of nitrogens with one attached hydrogen (secondary N) is 1. The third-order valence-corrected chi connectivity index (χ3v) is 4.08. The lowest BCUT2D eigenvalue weighted by Gasteiger charge is -2.12. The van der Waals surface area contributed by atoms with Crippen molar-refractivity contribution in [2.45, 2.75) is 45.4 Å². The fourth-order valence-electron chi connectivity index (χ4n) is 3.10. The summed E-state index contributed by atoms with van der Waals surface area (Å²) in [6, 6.07) is 10.8. The minimum absolute atomic E-state index is 0.427. The lowest BCUT2D eigenvalue weighted by molar-refractivity contribution is 0.672. The van der Waals surface area contributed by atoms with Gasteiger partial charge in [-0.25, -0.2) is 9.97 Å². The average Bonchev–Trinajstić information content (AvgIpc) is 2.92. The number of benzene rings is 1. The maximum atomic E-state index is 4.82. The van der Waals surface area contributed by atoms with E-state index >= 15 is 0 Å². The van der Waals surface area contributed by atoms with Crippen LogP contribution in [0.25, 0.3) is 0 Å². The predicted octanol–water partition coefficient (Wildman–Crippen LogP) is 3.74. The van der Waals surface area contributed by atoms with Crippen molar-refractivity contribution < 1.29 is 0 Å². The van der Waals surface area contributed by atoms with Gasteiger partial charge in [0.25, 0.3) is 0 Å². The molecule has 0 aliphatic heterocycles. The van der Waals surface area contributed by atoms with Crippen molar-refractivity contribution in [2.75, 3.05) is 11.9 Å². The standard InChI is InChI=1S/C18H23N3/c1-3-7-16-12-17(19-4-2)21-18(20-16)15-10-13-8-5-6-9-14(13)11-15/h5-6,8-9,12,15H,3-4,7,10-11H2,1-2H3,(H,19,20,21). The first-order chi connectivity index (χ1) is 10.3. The Bertz CT molecular complexity index is 572. The van der Waals surface area contributed by atoms with Gasteiger partial charge in [0.2, 0.25) is 0 Å². The first-order valence-corrected chi connectivity index (χ1v) is 7.98. The van der Waals surface area contributed by atoms with Crippen molar-refractivity contribution in [3.05, 3.63) is 53.0 Å². The summed E-state index contributed by atoms with van der Waals surface area (Å²) >= 11 is 0. The van der Waals surface area contributed by atoms with Crippen LogP contribution in [-0.2, 0) is 19.3 Å². The number of hydrogen-bond donors (Lipinski definition) is 1. The molecule has 1 aliphatic rings. The number of aromatic nitrogens is 2. The van der Waals surface area contributed by atoms with Crippen molar-refractivity contribution in [2.24, 2.45) is 0 Å². The van der Waals surface area contributed by atoms with Gasteiger partial charge in [-0.15, -0.1) is 0 Å². The topological polar surface area (TPSA) is 37.8 Å².